The van der Waals surface area contributed by atoms with Crippen LogP contribution in [0.1, 0.15) is 28.4 Å². The molecule has 24 heavy (non-hydrogen) atoms. The molecule has 1 atom stereocenters. The molecule has 0 heterocycles. The van der Waals surface area contributed by atoms with E-state index in [9.17, 15) is 0 Å². The molecule has 120 valence electrons. The lowest BCUT2D eigenvalue weighted by molar-refractivity contribution is 0.0720. The largest absolute Gasteiger partial charge is 0.365 e. The zero-order valence-electron chi connectivity index (χ0n) is 13.9. The molecule has 0 saturated heterocycles. The zero-order chi connectivity index (χ0) is 16.6. The highest BCUT2D eigenvalue weighted by Crippen LogP contribution is 2.22. The van der Waals surface area contributed by atoms with Gasteiger partial charge in [-0.25, -0.2) is 0 Å². The number of hydrogen-bond acceptors (Lipinski definition) is 1. The van der Waals surface area contributed by atoms with Gasteiger partial charge in [0.2, 0.25) is 0 Å². The van der Waals surface area contributed by atoms with E-state index in [4.69, 9.17) is 4.74 Å². The van der Waals surface area contributed by atoms with E-state index in [1.807, 2.05) is 24.3 Å². The van der Waals surface area contributed by atoms with Crippen molar-refractivity contribution in [2.24, 2.45) is 0 Å². The van der Waals surface area contributed by atoms with E-state index in [2.05, 4.69) is 79.7 Å². The van der Waals surface area contributed by atoms with Crippen LogP contribution in [0.4, 0.5) is 0 Å². The zero-order valence-corrected chi connectivity index (χ0v) is 13.9. The highest BCUT2D eigenvalue weighted by atomic mass is 16.5. The summed E-state index contributed by atoms with van der Waals surface area (Å²) in [5.74, 6) is 0. The van der Waals surface area contributed by atoms with Crippen LogP contribution in [0.5, 0.6) is 0 Å². The lowest BCUT2D eigenvalue weighted by Gasteiger charge is -2.16. The summed E-state index contributed by atoms with van der Waals surface area (Å²) in [6.07, 6.45) is 4.18. The Hall–Kier alpha value is -2.64. The highest BCUT2D eigenvalue weighted by Gasteiger charge is 2.09. The van der Waals surface area contributed by atoms with E-state index < -0.39 is 0 Å². The number of rotatable bonds is 6. The Morgan fingerprint density at radius 1 is 0.792 bits per heavy atom. The van der Waals surface area contributed by atoms with E-state index in [0.29, 0.717) is 6.61 Å². The first-order chi connectivity index (χ1) is 11.8. The van der Waals surface area contributed by atoms with Crippen LogP contribution in [0.3, 0.4) is 0 Å². The summed E-state index contributed by atoms with van der Waals surface area (Å²) < 4.78 is 6.23. The average molecular weight is 314 g/mol. The maximum Gasteiger partial charge on any atom is 0.101 e. The van der Waals surface area contributed by atoms with Crippen molar-refractivity contribution in [3.63, 3.8) is 0 Å². The Morgan fingerprint density at radius 2 is 1.42 bits per heavy atom. The van der Waals surface area contributed by atoms with E-state index in [1.165, 1.54) is 22.3 Å². The quantitative estimate of drug-likeness (QED) is 0.545. The molecular formula is C23H22O. The third-order valence-electron chi connectivity index (χ3n) is 4.07. The average Bonchev–Trinajstić information content (AvgIpc) is 2.65. The lowest BCUT2D eigenvalue weighted by atomic mass is 10.1. The van der Waals surface area contributed by atoms with Gasteiger partial charge in [0.15, 0.2) is 0 Å². The molecule has 0 spiro atoms. The van der Waals surface area contributed by atoms with Crippen LogP contribution in [-0.4, -0.2) is 0 Å². The fraction of sp³-hybridized carbons (Fsp3) is 0.130. The second kappa shape index (κ2) is 8.28. The topological polar surface area (TPSA) is 9.23 Å². The number of hydrogen-bond donors (Lipinski definition) is 0. The molecule has 0 amide bonds. The summed E-state index contributed by atoms with van der Waals surface area (Å²) in [4.78, 5) is 0. The van der Waals surface area contributed by atoms with Crippen LogP contribution >= 0.6 is 0 Å². The van der Waals surface area contributed by atoms with Gasteiger partial charge in [0.25, 0.3) is 0 Å². The molecule has 3 aromatic carbocycles. The molecule has 0 N–H and O–H groups in total. The van der Waals surface area contributed by atoms with E-state index >= 15 is 0 Å². The smallest absolute Gasteiger partial charge is 0.101 e. The van der Waals surface area contributed by atoms with Gasteiger partial charge < -0.3 is 4.74 Å². The summed E-state index contributed by atoms with van der Waals surface area (Å²) in [6.45, 7) is 2.72. The van der Waals surface area contributed by atoms with Gasteiger partial charge in [-0.05, 0) is 29.2 Å². The Labute approximate surface area is 144 Å². The maximum absolute atomic E-state index is 6.23. The molecule has 0 saturated carbocycles. The molecule has 0 unspecified atom stereocenters. The third kappa shape index (κ3) is 4.43. The Morgan fingerprint density at radius 3 is 2.12 bits per heavy atom. The third-order valence-corrected chi connectivity index (χ3v) is 4.07. The summed E-state index contributed by atoms with van der Waals surface area (Å²) >= 11 is 0. The molecule has 3 aromatic rings. The minimum atomic E-state index is -0.0639. The van der Waals surface area contributed by atoms with Crippen molar-refractivity contribution >= 4 is 6.08 Å². The fourth-order valence-electron chi connectivity index (χ4n) is 2.62. The van der Waals surface area contributed by atoms with Crippen molar-refractivity contribution in [2.75, 3.05) is 0 Å². The normalized spacial score (nSPS) is 12.4. The second-order valence-electron chi connectivity index (χ2n) is 5.84. The van der Waals surface area contributed by atoms with E-state index in [-0.39, 0.29) is 6.10 Å². The van der Waals surface area contributed by atoms with Crippen LogP contribution in [0.25, 0.3) is 6.08 Å². The van der Waals surface area contributed by atoms with Gasteiger partial charge in [-0.1, -0.05) is 97.1 Å². The maximum atomic E-state index is 6.23. The molecule has 1 heteroatoms. The van der Waals surface area contributed by atoms with Crippen LogP contribution in [-0.2, 0) is 11.3 Å². The minimum absolute atomic E-state index is 0.0639. The van der Waals surface area contributed by atoms with Gasteiger partial charge in [-0.15, -0.1) is 0 Å². The summed E-state index contributed by atoms with van der Waals surface area (Å²) in [5.41, 5.74) is 4.83. The summed E-state index contributed by atoms with van der Waals surface area (Å²) in [5, 5.41) is 0. The molecule has 0 aliphatic carbocycles. The molecule has 0 aliphatic rings. The number of aryl methyl sites for hydroxylation is 1. The standard InChI is InChI=1S/C23H22O/c1-19-10-8-9-15-22(19)18-24-23(21-13-6-3-7-14-21)17-16-20-11-4-2-5-12-20/h2-17,23H,18H2,1H3/b17-16+/t23-/m0/s1. The molecule has 3 rings (SSSR count). The monoisotopic (exact) mass is 314 g/mol. The van der Waals surface area contributed by atoms with Crippen molar-refractivity contribution in [1.29, 1.82) is 0 Å². The van der Waals surface area contributed by atoms with Crippen molar-refractivity contribution in [3.8, 4) is 0 Å². The van der Waals surface area contributed by atoms with Crippen molar-refractivity contribution in [1.82, 2.24) is 0 Å². The van der Waals surface area contributed by atoms with Gasteiger partial charge in [-0.2, -0.15) is 0 Å². The van der Waals surface area contributed by atoms with Crippen LogP contribution < -0.4 is 0 Å². The van der Waals surface area contributed by atoms with Gasteiger partial charge in [-0.3, -0.25) is 0 Å². The van der Waals surface area contributed by atoms with Gasteiger partial charge >= 0.3 is 0 Å². The molecule has 0 fully saturated rings. The summed E-state index contributed by atoms with van der Waals surface area (Å²) in [7, 11) is 0. The van der Waals surface area contributed by atoms with Crippen molar-refractivity contribution < 1.29 is 4.74 Å². The van der Waals surface area contributed by atoms with Crippen LogP contribution in [0.2, 0.25) is 0 Å². The number of ether oxygens (including phenoxy) is 1. The lowest BCUT2D eigenvalue weighted by Crippen LogP contribution is -2.03. The van der Waals surface area contributed by atoms with E-state index in [1.54, 1.807) is 0 Å². The van der Waals surface area contributed by atoms with Gasteiger partial charge in [0.1, 0.15) is 6.10 Å². The predicted octanol–water partition coefficient (Wildman–Crippen LogP) is 5.97. The molecule has 0 bridgehead atoms. The predicted molar refractivity (Wildman–Crippen MR) is 101 cm³/mol. The minimum Gasteiger partial charge on any atom is -0.365 e. The molecule has 1 nitrogen and oxygen atoms in total. The molecular weight excluding hydrogens is 292 g/mol. The molecule has 0 aromatic heterocycles. The number of benzene rings is 3. The Balaban J connectivity index is 1.78. The second-order valence-corrected chi connectivity index (χ2v) is 5.84. The fourth-order valence-corrected chi connectivity index (χ4v) is 2.62. The Bertz CT molecular complexity index is 775. The van der Waals surface area contributed by atoms with Gasteiger partial charge in [0, 0.05) is 0 Å². The highest BCUT2D eigenvalue weighted by molar-refractivity contribution is 5.50. The van der Waals surface area contributed by atoms with Crippen LogP contribution in [0, 0.1) is 6.92 Å². The first-order valence-corrected chi connectivity index (χ1v) is 8.27. The first-order valence-electron chi connectivity index (χ1n) is 8.27. The molecule has 0 aliphatic heterocycles. The van der Waals surface area contributed by atoms with Crippen molar-refractivity contribution in [3.05, 3.63) is 113 Å². The van der Waals surface area contributed by atoms with Crippen LogP contribution in [0.15, 0.2) is 91.0 Å². The van der Waals surface area contributed by atoms with Crippen molar-refractivity contribution in [2.45, 2.75) is 19.6 Å². The first kappa shape index (κ1) is 16.2. The molecule has 0 radical (unpaired) electrons. The SMILES string of the molecule is Cc1ccccc1CO[C@@H](/C=C/c1ccccc1)c1ccccc1. The summed E-state index contributed by atoms with van der Waals surface area (Å²) in [6, 6.07) is 29.0. The van der Waals surface area contributed by atoms with Gasteiger partial charge in [0.05, 0.1) is 6.61 Å². The van der Waals surface area contributed by atoms with E-state index in [0.717, 1.165) is 0 Å². The Kier molecular flexibility index (Phi) is 5.60.